The van der Waals surface area contributed by atoms with Gasteiger partial charge in [0.25, 0.3) is 5.69 Å². The molecule has 0 unspecified atom stereocenters. The summed E-state index contributed by atoms with van der Waals surface area (Å²) in [5.41, 5.74) is -0.0753. The van der Waals surface area contributed by atoms with Crippen molar-refractivity contribution in [3.8, 4) is 0 Å². The second kappa shape index (κ2) is 6.74. The Labute approximate surface area is 131 Å². The maximum absolute atomic E-state index is 12.3. The van der Waals surface area contributed by atoms with E-state index in [4.69, 9.17) is 11.6 Å². The molecular formula is C14H15ClN2O5. The van der Waals surface area contributed by atoms with Gasteiger partial charge in [0, 0.05) is 12.1 Å². The van der Waals surface area contributed by atoms with Gasteiger partial charge in [-0.1, -0.05) is 24.4 Å². The summed E-state index contributed by atoms with van der Waals surface area (Å²) < 4.78 is 0. The van der Waals surface area contributed by atoms with Crippen molar-refractivity contribution in [3.05, 3.63) is 33.3 Å². The molecule has 0 aliphatic heterocycles. The number of rotatable bonds is 4. The Kier molecular flexibility index (Phi) is 4.97. The summed E-state index contributed by atoms with van der Waals surface area (Å²) in [4.78, 5) is 33.7. The number of hydrogen-bond acceptors (Lipinski definition) is 4. The number of carbonyl (C=O) groups is 2. The monoisotopic (exact) mass is 326 g/mol. The first-order chi connectivity index (χ1) is 10.4. The van der Waals surface area contributed by atoms with Crippen LogP contribution in [0, 0.1) is 22.0 Å². The molecule has 7 nitrogen and oxygen atoms in total. The summed E-state index contributed by atoms with van der Waals surface area (Å²) in [5.74, 6) is -2.84. The molecule has 2 N–H and O–H groups in total. The summed E-state index contributed by atoms with van der Waals surface area (Å²) in [6, 6.07) is 3.72. The van der Waals surface area contributed by atoms with Crippen molar-refractivity contribution in [1.29, 1.82) is 0 Å². The molecule has 1 aromatic carbocycles. The molecule has 2 atom stereocenters. The van der Waals surface area contributed by atoms with Crippen LogP contribution in [0.5, 0.6) is 0 Å². The zero-order valence-corrected chi connectivity index (χ0v) is 12.4. The lowest BCUT2D eigenvalue weighted by Crippen LogP contribution is -2.36. The normalized spacial score (nSPS) is 21.1. The molecule has 1 aliphatic carbocycles. The fourth-order valence-electron chi connectivity index (χ4n) is 2.69. The van der Waals surface area contributed by atoms with Gasteiger partial charge in [-0.3, -0.25) is 19.7 Å². The predicted octanol–water partition coefficient (Wildman–Crippen LogP) is 3.08. The maximum atomic E-state index is 12.3. The highest BCUT2D eigenvalue weighted by Gasteiger charge is 2.35. The van der Waals surface area contributed by atoms with Crippen molar-refractivity contribution < 1.29 is 19.6 Å². The predicted molar refractivity (Wildman–Crippen MR) is 79.8 cm³/mol. The number of non-ortho nitro benzene ring substituents is 1. The Bertz CT molecular complexity index is 619. The number of carboxylic acids is 1. The highest BCUT2D eigenvalue weighted by Crippen LogP contribution is 2.33. The van der Waals surface area contributed by atoms with E-state index in [2.05, 4.69) is 5.32 Å². The summed E-state index contributed by atoms with van der Waals surface area (Å²) in [7, 11) is 0. The third kappa shape index (κ3) is 3.54. The van der Waals surface area contributed by atoms with Gasteiger partial charge in [-0.05, 0) is 18.9 Å². The van der Waals surface area contributed by atoms with Gasteiger partial charge in [0.2, 0.25) is 5.91 Å². The maximum Gasteiger partial charge on any atom is 0.307 e. The lowest BCUT2D eigenvalue weighted by atomic mass is 9.78. The van der Waals surface area contributed by atoms with Crippen LogP contribution in [0.2, 0.25) is 5.02 Å². The lowest BCUT2D eigenvalue weighted by Gasteiger charge is -2.27. The van der Waals surface area contributed by atoms with E-state index in [-0.39, 0.29) is 16.4 Å². The number of benzene rings is 1. The molecule has 0 bridgehead atoms. The van der Waals surface area contributed by atoms with Crippen LogP contribution in [0.25, 0.3) is 0 Å². The minimum Gasteiger partial charge on any atom is -0.481 e. The molecule has 0 radical (unpaired) electrons. The SMILES string of the molecule is O=C(O)[C@H]1CCCC[C@H]1C(=O)Nc1cc([N+](=O)[O-])ccc1Cl. The van der Waals surface area contributed by atoms with Gasteiger partial charge in [0.1, 0.15) is 0 Å². The van der Waals surface area contributed by atoms with Gasteiger partial charge in [0.15, 0.2) is 0 Å². The minimum atomic E-state index is -0.995. The highest BCUT2D eigenvalue weighted by molar-refractivity contribution is 6.33. The Morgan fingerprint density at radius 1 is 1.27 bits per heavy atom. The molecule has 2 rings (SSSR count). The molecule has 22 heavy (non-hydrogen) atoms. The zero-order valence-electron chi connectivity index (χ0n) is 11.6. The average molecular weight is 327 g/mol. The second-order valence-electron chi connectivity index (χ2n) is 5.25. The standard InChI is InChI=1S/C14H15ClN2O5/c15-11-6-5-8(17(21)22)7-12(11)16-13(18)9-3-1-2-4-10(9)14(19)20/h5-7,9-10H,1-4H2,(H,16,18)(H,19,20)/t9-,10+/m1/s1. The molecule has 8 heteroatoms. The average Bonchev–Trinajstić information content (AvgIpc) is 2.49. The number of carbonyl (C=O) groups excluding carboxylic acids is 1. The first-order valence-electron chi connectivity index (χ1n) is 6.87. The Morgan fingerprint density at radius 3 is 2.50 bits per heavy atom. The molecule has 0 saturated heterocycles. The van der Waals surface area contributed by atoms with Gasteiger partial charge in [0.05, 0.1) is 27.5 Å². The van der Waals surface area contributed by atoms with E-state index in [0.717, 1.165) is 12.8 Å². The van der Waals surface area contributed by atoms with Crippen LogP contribution < -0.4 is 5.32 Å². The van der Waals surface area contributed by atoms with Gasteiger partial charge in [-0.25, -0.2) is 0 Å². The van der Waals surface area contributed by atoms with Crippen LogP contribution in [0.1, 0.15) is 25.7 Å². The molecule has 118 valence electrons. The minimum absolute atomic E-state index is 0.121. The van der Waals surface area contributed by atoms with Gasteiger partial charge in [-0.2, -0.15) is 0 Å². The third-order valence-electron chi connectivity index (χ3n) is 3.84. The number of nitrogens with zero attached hydrogens (tertiary/aromatic N) is 1. The van der Waals surface area contributed by atoms with E-state index in [1.165, 1.54) is 18.2 Å². The summed E-state index contributed by atoms with van der Waals surface area (Å²) in [6.45, 7) is 0. The molecule has 1 saturated carbocycles. The van der Waals surface area contributed by atoms with Crippen LogP contribution >= 0.6 is 11.6 Å². The van der Waals surface area contributed by atoms with Crippen molar-refractivity contribution >= 4 is 34.9 Å². The molecule has 0 spiro atoms. The number of halogens is 1. The van der Waals surface area contributed by atoms with Crippen LogP contribution in [0.4, 0.5) is 11.4 Å². The van der Waals surface area contributed by atoms with E-state index in [1.807, 2.05) is 0 Å². The Morgan fingerprint density at radius 2 is 1.91 bits per heavy atom. The largest absolute Gasteiger partial charge is 0.481 e. The van der Waals surface area contributed by atoms with Gasteiger partial charge in [-0.15, -0.1) is 0 Å². The molecule has 0 heterocycles. The molecular weight excluding hydrogens is 312 g/mol. The molecule has 1 amide bonds. The van der Waals surface area contributed by atoms with E-state index in [9.17, 15) is 24.8 Å². The van der Waals surface area contributed by atoms with E-state index >= 15 is 0 Å². The zero-order chi connectivity index (χ0) is 16.3. The molecule has 1 fully saturated rings. The van der Waals surface area contributed by atoms with Crippen molar-refractivity contribution in [3.63, 3.8) is 0 Å². The number of nitro groups is 1. The number of carboxylic acid groups (broad SMARTS) is 1. The van der Waals surface area contributed by atoms with E-state index in [1.54, 1.807) is 0 Å². The number of hydrogen-bond donors (Lipinski definition) is 2. The fraction of sp³-hybridized carbons (Fsp3) is 0.429. The quantitative estimate of drug-likeness (QED) is 0.652. The van der Waals surface area contributed by atoms with Crippen LogP contribution in [0.3, 0.4) is 0 Å². The molecule has 1 aromatic rings. The molecule has 0 aromatic heterocycles. The summed E-state index contributed by atoms with van der Waals surface area (Å²) >= 11 is 5.93. The van der Waals surface area contributed by atoms with Crippen molar-refractivity contribution in [1.82, 2.24) is 0 Å². The molecule has 1 aliphatic rings. The fourth-order valence-corrected chi connectivity index (χ4v) is 2.85. The van der Waals surface area contributed by atoms with E-state index < -0.39 is 28.6 Å². The number of nitrogens with one attached hydrogen (secondary N) is 1. The van der Waals surface area contributed by atoms with Gasteiger partial charge < -0.3 is 10.4 Å². The smallest absolute Gasteiger partial charge is 0.307 e. The number of amides is 1. The van der Waals surface area contributed by atoms with Crippen LogP contribution in [-0.2, 0) is 9.59 Å². The Hall–Kier alpha value is -2.15. The number of aliphatic carboxylic acids is 1. The van der Waals surface area contributed by atoms with Crippen LogP contribution in [0.15, 0.2) is 18.2 Å². The second-order valence-corrected chi connectivity index (χ2v) is 5.65. The van der Waals surface area contributed by atoms with Crippen molar-refractivity contribution in [2.75, 3.05) is 5.32 Å². The summed E-state index contributed by atoms with van der Waals surface area (Å²) in [6.07, 6.45) is 2.49. The first kappa shape index (κ1) is 16.2. The van der Waals surface area contributed by atoms with Gasteiger partial charge >= 0.3 is 5.97 Å². The topological polar surface area (TPSA) is 110 Å². The number of anilines is 1. The first-order valence-corrected chi connectivity index (χ1v) is 7.25. The third-order valence-corrected chi connectivity index (χ3v) is 4.17. The van der Waals surface area contributed by atoms with Crippen molar-refractivity contribution in [2.45, 2.75) is 25.7 Å². The lowest BCUT2D eigenvalue weighted by molar-refractivity contribution is -0.384. The highest BCUT2D eigenvalue weighted by atomic mass is 35.5. The Balaban J connectivity index is 2.19. The number of nitro benzene ring substituents is 1. The summed E-state index contributed by atoms with van der Waals surface area (Å²) in [5, 5.41) is 22.7. The van der Waals surface area contributed by atoms with E-state index in [0.29, 0.717) is 12.8 Å². The van der Waals surface area contributed by atoms with Crippen molar-refractivity contribution in [2.24, 2.45) is 11.8 Å². The van der Waals surface area contributed by atoms with Crippen LogP contribution in [-0.4, -0.2) is 21.9 Å².